The summed E-state index contributed by atoms with van der Waals surface area (Å²) in [5.41, 5.74) is 5.72. The van der Waals surface area contributed by atoms with Crippen molar-refractivity contribution in [3.63, 3.8) is 0 Å². The molecule has 2 N–H and O–H groups in total. The van der Waals surface area contributed by atoms with E-state index < -0.39 is 15.3 Å². The van der Waals surface area contributed by atoms with E-state index >= 15 is 0 Å². The molecule has 0 aromatic heterocycles. The summed E-state index contributed by atoms with van der Waals surface area (Å²) in [4.78, 5) is 0. The predicted molar refractivity (Wildman–Crippen MR) is 55.2 cm³/mol. The maximum Gasteiger partial charge on any atom is 0.175 e. The molecule has 14 heavy (non-hydrogen) atoms. The van der Waals surface area contributed by atoms with Crippen LogP contribution in [0.5, 0.6) is 0 Å². The van der Waals surface area contributed by atoms with Crippen LogP contribution in [-0.2, 0) is 10.0 Å². The smallest absolute Gasteiger partial charge is 0.175 e. The van der Waals surface area contributed by atoms with Crippen LogP contribution < -0.4 is 5.73 Å². The second-order valence-electron chi connectivity index (χ2n) is 3.64. The fourth-order valence-electron chi connectivity index (χ4n) is 1.86. The van der Waals surface area contributed by atoms with Crippen molar-refractivity contribution in [2.24, 2.45) is 10.1 Å². The van der Waals surface area contributed by atoms with Gasteiger partial charge in [0.1, 0.15) is 0 Å². The Hall–Kier alpha value is -0.330. The lowest BCUT2D eigenvalue weighted by molar-refractivity contribution is 0.419. The Kier molecular flexibility index (Phi) is 2.45. The molecular weight excluding hydrogens is 226 g/mol. The summed E-state index contributed by atoms with van der Waals surface area (Å²) in [5.74, 6) is 0. The lowest BCUT2D eigenvalue weighted by Gasteiger charge is -2.42. The van der Waals surface area contributed by atoms with Crippen molar-refractivity contribution in [2.45, 2.75) is 35.6 Å². The van der Waals surface area contributed by atoms with E-state index in [9.17, 15) is 8.42 Å². The first-order chi connectivity index (χ1) is 6.50. The summed E-state index contributed by atoms with van der Waals surface area (Å²) in [6.07, 6.45) is 1.97. The van der Waals surface area contributed by atoms with Gasteiger partial charge in [0.25, 0.3) is 0 Å². The average Bonchev–Trinajstić information content (AvgIpc) is 2.08. The summed E-state index contributed by atoms with van der Waals surface area (Å²) in [7, 11) is -3.40. The van der Waals surface area contributed by atoms with E-state index in [1.165, 1.54) is 0 Å². The molecule has 4 unspecified atom stereocenters. The van der Waals surface area contributed by atoms with Crippen molar-refractivity contribution in [1.82, 2.24) is 0 Å². The summed E-state index contributed by atoms with van der Waals surface area (Å²) >= 11 is 5.96. The first-order valence-electron chi connectivity index (χ1n) is 4.38. The van der Waals surface area contributed by atoms with Crippen molar-refractivity contribution in [2.75, 3.05) is 0 Å². The van der Waals surface area contributed by atoms with E-state index in [1.54, 1.807) is 0 Å². The standard InChI is InChI=1S/C7H11ClN3O2S/c8-4-1-6-7(2-5(4)9)14(12,13)11-3-10-6/h3-7H,1-2,9H2/q-1. The summed E-state index contributed by atoms with van der Waals surface area (Å²) < 4.78 is 26.4. The highest BCUT2D eigenvalue weighted by Crippen LogP contribution is 2.33. The van der Waals surface area contributed by atoms with Gasteiger partial charge in [0, 0.05) is 11.4 Å². The highest BCUT2D eigenvalue weighted by Gasteiger charge is 2.38. The number of halogens is 1. The van der Waals surface area contributed by atoms with Gasteiger partial charge in [-0.25, -0.2) is 8.42 Å². The lowest BCUT2D eigenvalue weighted by atomic mass is 9.91. The van der Waals surface area contributed by atoms with E-state index in [4.69, 9.17) is 17.3 Å². The quantitative estimate of drug-likeness (QED) is 0.610. The molecule has 0 spiro atoms. The number of hydrogen-bond acceptors (Lipinski definition) is 3. The van der Waals surface area contributed by atoms with Gasteiger partial charge < -0.3 is 15.4 Å². The monoisotopic (exact) mass is 236 g/mol. The molecule has 7 heteroatoms. The molecule has 0 aromatic rings. The van der Waals surface area contributed by atoms with Gasteiger partial charge in [-0.2, -0.15) is 0 Å². The fourth-order valence-corrected chi connectivity index (χ4v) is 3.54. The highest BCUT2D eigenvalue weighted by atomic mass is 35.5. The van der Waals surface area contributed by atoms with Gasteiger partial charge >= 0.3 is 0 Å². The van der Waals surface area contributed by atoms with Crippen molar-refractivity contribution in [3.8, 4) is 0 Å². The molecule has 2 rings (SSSR count). The number of fused-ring (bicyclic) bond motifs is 1. The van der Waals surface area contributed by atoms with Gasteiger partial charge in [0.15, 0.2) is 10.0 Å². The second kappa shape index (κ2) is 3.36. The zero-order valence-corrected chi connectivity index (χ0v) is 8.95. The third kappa shape index (κ3) is 1.62. The minimum absolute atomic E-state index is 0.193. The molecule has 1 saturated carbocycles. The Morgan fingerprint density at radius 2 is 2.21 bits per heavy atom. The first-order valence-corrected chi connectivity index (χ1v) is 6.32. The predicted octanol–water partition coefficient (Wildman–Crippen LogP) is 0.197. The summed E-state index contributed by atoms with van der Waals surface area (Å²) in [6.45, 7) is 0. The zero-order chi connectivity index (χ0) is 10.3. The number of alkyl halides is 1. The van der Waals surface area contributed by atoms with E-state index in [0.29, 0.717) is 12.8 Å². The molecule has 1 fully saturated rings. The van der Waals surface area contributed by atoms with Crippen LogP contribution in [0.4, 0.5) is 0 Å². The molecule has 4 atom stereocenters. The topological polar surface area (TPSA) is 86.6 Å². The fraction of sp³-hybridized carbons (Fsp3) is 0.857. The Morgan fingerprint density at radius 3 is 2.93 bits per heavy atom. The molecule has 1 aliphatic heterocycles. The Balaban J connectivity index is 2.27. The van der Waals surface area contributed by atoms with Gasteiger partial charge in [-0.05, 0) is 18.9 Å². The number of nitrogens with two attached hydrogens (primary N) is 1. The molecular formula is C7H11ClN3O2S-. The van der Waals surface area contributed by atoms with Gasteiger partial charge in [-0.3, -0.25) is 0 Å². The normalized spacial score (nSPS) is 45.3. The van der Waals surface area contributed by atoms with Crippen LogP contribution in [0.15, 0.2) is 4.40 Å². The van der Waals surface area contributed by atoms with Gasteiger partial charge in [-0.1, -0.05) is 6.34 Å². The Labute approximate surface area is 87.8 Å². The molecule has 0 saturated heterocycles. The molecule has 0 aromatic carbocycles. The lowest BCUT2D eigenvalue weighted by Crippen LogP contribution is -2.50. The zero-order valence-electron chi connectivity index (χ0n) is 7.38. The Bertz CT molecular complexity index is 356. The van der Waals surface area contributed by atoms with E-state index in [1.807, 2.05) is 0 Å². The van der Waals surface area contributed by atoms with Crippen LogP contribution in [0.1, 0.15) is 12.8 Å². The minimum Gasteiger partial charge on any atom is -0.467 e. The second-order valence-corrected chi connectivity index (χ2v) is 6.05. The molecule has 2 aliphatic rings. The summed E-state index contributed by atoms with van der Waals surface area (Å²) in [5, 5.41) is 3.26. The molecule has 0 radical (unpaired) electrons. The maximum absolute atomic E-state index is 11.5. The van der Waals surface area contributed by atoms with Crippen molar-refractivity contribution in [3.05, 3.63) is 5.32 Å². The van der Waals surface area contributed by atoms with Gasteiger partial charge in [-0.15, -0.1) is 11.6 Å². The summed E-state index contributed by atoms with van der Waals surface area (Å²) in [6, 6.07) is -0.545. The third-order valence-electron chi connectivity index (χ3n) is 2.70. The van der Waals surface area contributed by atoms with Crippen LogP contribution in [0.25, 0.3) is 5.32 Å². The first kappa shape index (κ1) is 10.2. The number of hydrogen-bond donors (Lipinski definition) is 1. The van der Waals surface area contributed by atoms with Crippen molar-refractivity contribution >= 4 is 28.0 Å². The number of nitrogens with zero attached hydrogens (tertiary/aromatic N) is 2. The molecule has 1 aliphatic carbocycles. The van der Waals surface area contributed by atoms with Crippen molar-refractivity contribution < 1.29 is 8.42 Å². The molecule has 0 bridgehead atoms. The van der Waals surface area contributed by atoms with Crippen LogP contribution in [0.2, 0.25) is 0 Å². The van der Waals surface area contributed by atoms with Crippen LogP contribution in [-0.4, -0.2) is 37.5 Å². The van der Waals surface area contributed by atoms with Gasteiger partial charge in [0.2, 0.25) is 0 Å². The third-order valence-corrected chi connectivity index (χ3v) is 4.86. The molecule has 1 heterocycles. The van der Waals surface area contributed by atoms with Crippen molar-refractivity contribution in [1.29, 1.82) is 0 Å². The van der Waals surface area contributed by atoms with E-state index in [2.05, 4.69) is 9.71 Å². The molecule has 0 amide bonds. The largest absolute Gasteiger partial charge is 0.467 e. The van der Waals surface area contributed by atoms with Crippen LogP contribution in [0, 0.1) is 0 Å². The number of rotatable bonds is 0. The average molecular weight is 237 g/mol. The van der Waals surface area contributed by atoms with E-state index in [-0.39, 0.29) is 17.5 Å². The minimum atomic E-state index is -3.40. The van der Waals surface area contributed by atoms with E-state index in [0.717, 1.165) is 6.34 Å². The maximum atomic E-state index is 11.5. The molecule has 5 nitrogen and oxygen atoms in total. The van der Waals surface area contributed by atoms with Gasteiger partial charge in [0.05, 0.1) is 5.25 Å². The van der Waals surface area contributed by atoms with Crippen LogP contribution >= 0.6 is 11.6 Å². The SMILES string of the molecule is NC1CC2C(CC1Cl)[N-]C=NS2(=O)=O. The van der Waals surface area contributed by atoms with Crippen LogP contribution in [0.3, 0.4) is 0 Å². The molecule has 80 valence electrons. The highest BCUT2D eigenvalue weighted by molar-refractivity contribution is 7.91. The Morgan fingerprint density at radius 1 is 1.50 bits per heavy atom. The number of sulfonamides is 1.